The number of hydrogen-bond donors (Lipinski definition) is 3. The molecule has 7 nitrogen and oxygen atoms in total. The Morgan fingerprint density at radius 3 is 2.75 bits per heavy atom. The van der Waals surface area contributed by atoms with Crippen LogP contribution in [0.4, 0.5) is 0 Å². The Bertz CT molecular complexity index is 639. The smallest absolute Gasteiger partial charge is 0.242 e. The van der Waals surface area contributed by atoms with Crippen molar-refractivity contribution in [3.63, 3.8) is 0 Å². The number of carbonyl (C=O) groups excluding carboxylic acids is 1. The van der Waals surface area contributed by atoms with Crippen molar-refractivity contribution >= 4 is 40.7 Å². The van der Waals surface area contributed by atoms with E-state index in [4.69, 9.17) is 0 Å². The highest BCUT2D eigenvalue weighted by molar-refractivity contribution is 7.89. The van der Waals surface area contributed by atoms with Crippen molar-refractivity contribution in [3.05, 3.63) is 36.2 Å². The van der Waals surface area contributed by atoms with Crippen LogP contribution in [0.25, 0.3) is 0 Å². The van der Waals surface area contributed by atoms with E-state index in [1.807, 2.05) is 0 Å². The maximum absolute atomic E-state index is 11.9. The predicted molar refractivity (Wildman–Crippen MR) is 97.1 cm³/mol. The van der Waals surface area contributed by atoms with Gasteiger partial charge in [0.25, 0.3) is 0 Å². The molecule has 2 rings (SSSR count). The van der Waals surface area contributed by atoms with Crippen LogP contribution < -0.4 is 15.4 Å². The van der Waals surface area contributed by atoms with Crippen LogP contribution in [0.1, 0.15) is 12.8 Å². The SMILES string of the molecule is Cl.Cl.O=C(CCNS(=O)(=O)c1cccnc1)NCC1=CCNCC1. The molecule has 0 saturated carbocycles. The first-order valence-electron chi connectivity index (χ1n) is 7.13. The van der Waals surface area contributed by atoms with Crippen LogP contribution in [-0.4, -0.2) is 45.5 Å². The lowest BCUT2D eigenvalue weighted by Gasteiger charge is -2.14. The first-order valence-corrected chi connectivity index (χ1v) is 8.61. The Morgan fingerprint density at radius 1 is 1.33 bits per heavy atom. The van der Waals surface area contributed by atoms with Crippen molar-refractivity contribution in [1.29, 1.82) is 0 Å². The monoisotopic (exact) mass is 396 g/mol. The number of carbonyl (C=O) groups is 1. The Morgan fingerprint density at radius 2 is 2.12 bits per heavy atom. The first kappa shape index (κ1) is 22.8. The molecule has 136 valence electrons. The number of hydrogen-bond acceptors (Lipinski definition) is 5. The zero-order valence-electron chi connectivity index (χ0n) is 13.0. The van der Waals surface area contributed by atoms with Crippen molar-refractivity contribution < 1.29 is 13.2 Å². The summed E-state index contributed by atoms with van der Waals surface area (Å²) in [7, 11) is -3.60. The molecular formula is C14H22Cl2N4O3S. The van der Waals surface area contributed by atoms with Gasteiger partial charge in [-0.3, -0.25) is 9.78 Å². The van der Waals surface area contributed by atoms with E-state index < -0.39 is 10.0 Å². The molecule has 0 unspecified atom stereocenters. The second-order valence-corrected chi connectivity index (χ2v) is 6.70. The molecule has 1 aliphatic rings. The maximum atomic E-state index is 11.9. The zero-order valence-corrected chi connectivity index (χ0v) is 15.5. The average molecular weight is 397 g/mol. The summed E-state index contributed by atoms with van der Waals surface area (Å²) in [5, 5.41) is 5.99. The number of rotatable bonds is 7. The van der Waals surface area contributed by atoms with Crippen molar-refractivity contribution in [3.8, 4) is 0 Å². The molecule has 1 aliphatic heterocycles. The van der Waals surface area contributed by atoms with Crippen LogP contribution in [-0.2, 0) is 14.8 Å². The summed E-state index contributed by atoms with van der Waals surface area (Å²) in [6.07, 6.45) is 5.86. The number of halogens is 2. The van der Waals surface area contributed by atoms with Crippen LogP contribution in [0.2, 0.25) is 0 Å². The molecule has 0 atom stereocenters. The molecule has 0 aromatic carbocycles. The Hall–Kier alpha value is -1.19. The molecule has 1 aromatic heterocycles. The second kappa shape index (κ2) is 11.4. The van der Waals surface area contributed by atoms with E-state index in [9.17, 15) is 13.2 Å². The van der Waals surface area contributed by atoms with E-state index in [0.29, 0.717) is 6.54 Å². The lowest BCUT2D eigenvalue weighted by molar-refractivity contribution is -0.120. The van der Waals surface area contributed by atoms with Gasteiger partial charge in [-0.1, -0.05) is 11.6 Å². The number of amides is 1. The topological polar surface area (TPSA) is 100 Å². The summed E-state index contributed by atoms with van der Waals surface area (Å²) in [4.78, 5) is 15.6. The van der Waals surface area contributed by atoms with E-state index in [2.05, 4.69) is 26.4 Å². The third-order valence-electron chi connectivity index (χ3n) is 3.26. The summed E-state index contributed by atoms with van der Waals surface area (Å²) in [5.74, 6) is -0.173. The number of aromatic nitrogens is 1. The quantitative estimate of drug-likeness (QED) is 0.586. The van der Waals surface area contributed by atoms with Crippen LogP contribution >= 0.6 is 24.8 Å². The molecule has 1 aromatic rings. The average Bonchev–Trinajstić information content (AvgIpc) is 2.54. The van der Waals surface area contributed by atoms with Gasteiger partial charge in [0.2, 0.25) is 15.9 Å². The van der Waals surface area contributed by atoms with E-state index in [0.717, 1.165) is 19.5 Å². The molecule has 0 bridgehead atoms. The van der Waals surface area contributed by atoms with Gasteiger partial charge in [0.05, 0.1) is 0 Å². The number of nitrogens with zero attached hydrogens (tertiary/aromatic N) is 1. The molecule has 3 N–H and O–H groups in total. The third kappa shape index (κ3) is 7.59. The molecule has 0 saturated heterocycles. The van der Waals surface area contributed by atoms with Crippen molar-refractivity contribution in [2.24, 2.45) is 0 Å². The van der Waals surface area contributed by atoms with Crippen molar-refractivity contribution in [2.75, 3.05) is 26.2 Å². The largest absolute Gasteiger partial charge is 0.352 e. The molecule has 2 heterocycles. The minimum Gasteiger partial charge on any atom is -0.352 e. The van der Waals surface area contributed by atoms with Gasteiger partial charge in [-0.15, -0.1) is 24.8 Å². The summed E-state index contributed by atoms with van der Waals surface area (Å²) in [6.45, 7) is 2.34. The summed E-state index contributed by atoms with van der Waals surface area (Å²) in [6, 6.07) is 3.01. The maximum Gasteiger partial charge on any atom is 0.242 e. The minimum absolute atomic E-state index is 0. The van der Waals surface area contributed by atoms with Crippen LogP contribution in [0.3, 0.4) is 0 Å². The zero-order chi connectivity index (χ0) is 15.8. The summed E-state index contributed by atoms with van der Waals surface area (Å²) >= 11 is 0. The lowest BCUT2D eigenvalue weighted by Crippen LogP contribution is -2.33. The molecular weight excluding hydrogens is 375 g/mol. The lowest BCUT2D eigenvalue weighted by atomic mass is 10.1. The van der Waals surface area contributed by atoms with Gasteiger partial charge in [-0.2, -0.15) is 0 Å². The molecule has 0 radical (unpaired) electrons. The van der Waals surface area contributed by atoms with Gasteiger partial charge in [0, 0.05) is 38.4 Å². The molecule has 0 fully saturated rings. The van der Waals surface area contributed by atoms with E-state index >= 15 is 0 Å². The number of nitrogens with one attached hydrogen (secondary N) is 3. The molecule has 10 heteroatoms. The fraction of sp³-hybridized carbons (Fsp3) is 0.429. The Labute approximate surface area is 154 Å². The fourth-order valence-corrected chi connectivity index (χ4v) is 3.01. The van der Waals surface area contributed by atoms with E-state index in [-0.39, 0.29) is 48.6 Å². The van der Waals surface area contributed by atoms with Crippen LogP contribution in [0, 0.1) is 0 Å². The molecule has 24 heavy (non-hydrogen) atoms. The normalized spacial score (nSPS) is 13.9. The number of pyridine rings is 1. The van der Waals surface area contributed by atoms with Gasteiger partial charge < -0.3 is 10.6 Å². The van der Waals surface area contributed by atoms with Gasteiger partial charge in [0.15, 0.2) is 0 Å². The highest BCUT2D eigenvalue weighted by atomic mass is 35.5. The highest BCUT2D eigenvalue weighted by Crippen LogP contribution is 2.05. The van der Waals surface area contributed by atoms with Gasteiger partial charge >= 0.3 is 0 Å². The highest BCUT2D eigenvalue weighted by Gasteiger charge is 2.14. The van der Waals surface area contributed by atoms with Crippen molar-refractivity contribution in [1.82, 2.24) is 20.3 Å². The van der Waals surface area contributed by atoms with Crippen LogP contribution in [0.5, 0.6) is 0 Å². The van der Waals surface area contributed by atoms with Crippen molar-refractivity contribution in [2.45, 2.75) is 17.7 Å². The van der Waals surface area contributed by atoms with E-state index in [1.54, 1.807) is 6.07 Å². The van der Waals surface area contributed by atoms with E-state index in [1.165, 1.54) is 24.0 Å². The fourth-order valence-electron chi connectivity index (χ4n) is 2.02. The standard InChI is InChI=1S/C14H20N4O3S.2ClH/c19-14(17-10-12-3-7-15-8-4-12)5-9-18-22(20,21)13-2-1-6-16-11-13;;/h1-3,6,11,15,18H,4-5,7-10H2,(H,17,19);2*1H. The Kier molecular flexibility index (Phi) is 10.8. The molecule has 1 amide bonds. The third-order valence-corrected chi connectivity index (χ3v) is 4.71. The minimum atomic E-state index is -3.60. The van der Waals surface area contributed by atoms with Crippen LogP contribution in [0.15, 0.2) is 41.1 Å². The number of sulfonamides is 1. The first-order chi connectivity index (χ1) is 10.6. The summed E-state index contributed by atoms with van der Waals surface area (Å²) < 4.78 is 26.2. The van der Waals surface area contributed by atoms with Gasteiger partial charge in [-0.05, 0) is 25.1 Å². The second-order valence-electron chi connectivity index (χ2n) is 4.93. The molecule has 0 spiro atoms. The Balaban J connectivity index is 0.00000264. The predicted octanol–water partition coefficient (Wildman–Crippen LogP) is 0.629. The van der Waals surface area contributed by atoms with Gasteiger partial charge in [-0.25, -0.2) is 13.1 Å². The molecule has 0 aliphatic carbocycles. The summed E-state index contributed by atoms with van der Waals surface area (Å²) in [5.41, 5.74) is 1.20. The van der Waals surface area contributed by atoms with Gasteiger partial charge in [0.1, 0.15) is 4.90 Å².